The van der Waals surface area contributed by atoms with E-state index in [-0.39, 0.29) is 0 Å². The highest BCUT2D eigenvalue weighted by atomic mass is 35.5. The summed E-state index contributed by atoms with van der Waals surface area (Å²) in [6, 6.07) is 5.89. The van der Waals surface area contributed by atoms with Crippen LogP contribution in [-0.4, -0.2) is 35.0 Å². The fourth-order valence-electron chi connectivity index (χ4n) is 1.76. The van der Waals surface area contributed by atoms with E-state index in [0.717, 1.165) is 39.6 Å². The van der Waals surface area contributed by atoms with Crippen LogP contribution in [0, 0.1) is 6.92 Å². The molecule has 0 amide bonds. The van der Waals surface area contributed by atoms with Gasteiger partial charge in [0.25, 0.3) is 0 Å². The predicted molar refractivity (Wildman–Crippen MR) is 84.9 cm³/mol. The number of nitrogens with zero attached hydrogens (tertiary/aromatic N) is 3. The van der Waals surface area contributed by atoms with Crippen molar-refractivity contribution >= 4 is 23.4 Å². The molecule has 1 heterocycles. The van der Waals surface area contributed by atoms with Crippen LogP contribution in [0.2, 0.25) is 5.02 Å². The van der Waals surface area contributed by atoms with Gasteiger partial charge in [-0.3, -0.25) is 0 Å². The van der Waals surface area contributed by atoms with Crippen LogP contribution < -0.4 is 5.32 Å². The molecule has 0 unspecified atom stereocenters. The first-order chi connectivity index (χ1) is 10.1. The van der Waals surface area contributed by atoms with Crippen LogP contribution in [-0.2, 0) is 18.3 Å². The summed E-state index contributed by atoms with van der Waals surface area (Å²) in [6.07, 6.45) is 0. The summed E-state index contributed by atoms with van der Waals surface area (Å²) in [5, 5.41) is 13.2. The molecule has 2 aromatic rings. The van der Waals surface area contributed by atoms with E-state index in [9.17, 15) is 0 Å². The van der Waals surface area contributed by atoms with Gasteiger partial charge < -0.3 is 14.6 Å². The minimum absolute atomic E-state index is 0.686. The average Bonchev–Trinajstić information content (AvgIpc) is 2.78. The van der Waals surface area contributed by atoms with Gasteiger partial charge in [-0.2, -0.15) is 0 Å². The minimum Gasteiger partial charge on any atom is -0.383 e. The highest BCUT2D eigenvalue weighted by Crippen LogP contribution is 2.30. The van der Waals surface area contributed by atoms with Gasteiger partial charge >= 0.3 is 0 Å². The van der Waals surface area contributed by atoms with E-state index in [4.69, 9.17) is 16.3 Å². The Morgan fingerprint density at radius 3 is 2.86 bits per heavy atom. The van der Waals surface area contributed by atoms with E-state index in [1.807, 2.05) is 36.7 Å². The van der Waals surface area contributed by atoms with Crippen LogP contribution in [0.4, 0.5) is 0 Å². The maximum absolute atomic E-state index is 6.10. The highest BCUT2D eigenvalue weighted by Gasteiger charge is 2.10. The number of methoxy groups -OCH3 is 1. The quantitative estimate of drug-likeness (QED) is 0.793. The standard InChI is InChI=1S/C14H19ClN4OS/c1-10-17-18-14(19(10)2)21-13-5-4-12(15)8-11(13)9-16-6-7-20-3/h4-5,8,16H,6-7,9H2,1-3H3. The molecule has 0 saturated heterocycles. The molecule has 0 atom stereocenters. The molecular formula is C14H19ClN4OS. The van der Waals surface area contributed by atoms with E-state index in [1.165, 1.54) is 0 Å². The number of nitrogens with one attached hydrogen (secondary N) is 1. The van der Waals surface area contributed by atoms with Gasteiger partial charge in [0.15, 0.2) is 5.16 Å². The lowest BCUT2D eigenvalue weighted by Gasteiger charge is -2.10. The maximum atomic E-state index is 6.10. The van der Waals surface area contributed by atoms with Crippen LogP contribution in [0.5, 0.6) is 0 Å². The van der Waals surface area contributed by atoms with Gasteiger partial charge in [0, 0.05) is 37.2 Å². The molecule has 0 radical (unpaired) electrons. The van der Waals surface area contributed by atoms with Crippen LogP contribution >= 0.6 is 23.4 Å². The first-order valence-electron chi connectivity index (χ1n) is 6.63. The number of benzene rings is 1. The van der Waals surface area contributed by atoms with Crippen molar-refractivity contribution in [1.82, 2.24) is 20.1 Å². The summed E-state index contributed by atoms with van der Waals surface area (Å²) < 4.78 is 7.01. The van der Waals surface area contributed by atoms with Gasteiger partial charge in [-0.15, -0.1) is 10.2 Å². The average molecular weight is 327 g/mol. The number of aryl methyl sites for hydroxylation is 1. The van der Waals surface area contributed by atoms with E-state index in [1.54, 1.807) is 18.9 Å². The smallest absolute Gasteiger partial charge is 0.195 e. The first kappa shape index (κ1) is 16.3. The lowest BCUT2D eigenvalue weighted by Crippen LogP contribution is -2.18. The second-order valence-electron chi connectivity index (χ2n) is 4.61. The van der Waals surface area contributed by atoms with Crippen LogP contribution in [0.1, 0.15) is 11.4 Å². The third kappa shape index (κ3) is 4.44. The third-order valence-electron chi connectivity index (χ3n) is 3.07. The lowest BCUT2D eigenvalue weighted by molar-refractivity contribution is 0.199. The fraction of sp³-hybridized carbons (Fsp3) is 0.429. The molecular weight excluding hydrogens is 308 g/mol. The Labute approximate surface area is 134 Å². The molecule has 0 aliphatic heterocycles. The summed E-state index contributed by atoms with van der Waals surface area (Å²) >= 11 is 7.69. The Hall–Kier alpha value is -1.08. The largest absolute Gasteiger partial charge is 0.383 e. The number of halogens is 1. The predicted octanol–water partition coefficient (Wildman–Crippen LogP) is 2.66. The number of hydrogen-bond donors (Lipinski definition) is 1. The van der Waals surface area contributed by atoms with Crippen molar-refractivity contribution in [2.45, 2.75) is 23.5 Å². The molecule has 1 N–H and O–H groups in total. The van der Waals surface area contributed by atoms with Gasteiger partial charge in [-0.05, 0) is 42.4 Å². The summed E-state index contributed by atoms with van der Waals surface area (Å²) in [7, 11) is 3.66. The van der Waals surface area contributed by atoms with Gasteiger partial charge in [0.1, 0.15) is 5.82 Å². The molecule has 0 aliphatic rings. The number of hydrogen-bond acceptors (Lipinski definition) is 5. The Kier molecular flexibility index (Phi) is 6.05. The molecule has 2 rings (SSSR count). The van der Waals surface area contributed by atoms with E-state index in [0.29, 0.717) is 6.61 Å². The Morgan fingerprint density at radius 1 is 1.38 bits per heavy atom. The summed E-state index contributed by atoms with van der Waals surface area (Å²) in [5.41, 5.74) is 1.14. The second kappa shape index (κ2) is 7.79. The molecule has 1 aromatic heterocycles. The summed E-state index contributed by atoms with van der Waals surface area (Å²) in [4.78, 5) is 1.12. The van der Waals surface area contributed by atoms with Crippen LogP contribution in [0.25, 0.3) is 0 Å². The Morgan fingerprint density at radius 2 is 2.19 bits per heavy atom. The van der Waals surface area contributed by atoms with E-state index < -0.39 is 0 Å². The molecule has 0 aliphatic carbocycles. The van der Waals surface area contributed by atoms with Crippen molar-refractivity contribution in [2.75, 3.05) is 20.3 Å². The zero-order valence-corrected chi connectivity index (χ0v) is 14.0. The molecule has 21 heavy (non-hydrogen) atoms. The molecule has 114 valence electrons. The van der Waals surface area contributed by atoms with E-state index >= 15 is 0 Å². The number of ether oxygens (including phenoxy) is 1. The van der Waals surface area contributed by atoms with Crippen LogP contribution in [0.3, 0.4) is 0 Å². The molecule has 5 nitrogen and oxygen atoms in total. The molecule has 0 spiro atoms. The minimum atomic E-state index is 0.686. The van der Waals surface area contributed by atoms with Crippen molar-refractivity contribution in [2.24, 2.45) is 7.05 Å². The van der Waals surface area contributed by atoms with Crippen molar-refractivity contribution in [3.8, 4) is 0 Å². The summed E-state index contributed by atoms with van der Waals surface area (Å²) in [6.45, 7) is 4.16. The van der Waals surface area contributed by atoms with Crippen molar-refractivity contribution in [3.05, 3.63) is 34.6 Å². The van der Waals surface area contributed by atoms with Crippen molar-refractivity contribution < 1.29 is 4.74 Å². The second-order valence-corrected chi connectivity index (χ2v) is 6.06. The summed E-state index contributed by atoms with van der Waals surface area (Å²) in [5.74, 6) is 0.895. The van der Waals surface area contributed by atoms with Crippen molar-refractivity contribution in [3.63, 3.8) is 0 Å². The highest BCUT2D eigenvalue weighted by molar-refractivity contribution is 7.99. The number of aromatic nitrogens is 3. The molecule has 0 bridgehead atoms. The van der Waals surface area contributed by atoms with Gasteiger partial charge in [0.05, 0.1) is 6.61 Å². The molecule has 0 saturated carbocycles. The normalized spacial score (nSPS) is 11.0. The van der Waals surface area contributed by atoms with E-state index in [2.05, 4.69) is 15.5 Å². The van der Waals surface area contributed by atoms with Gasteiger partial charge in [-0.25, -0.2) is 0 Å². The fourth-order valence-corrected chi connectivity index (χ4v) is 2.90. The zero-order chi connectivity index (χ0) is 15.2. The zero-order valence-electron chi connectivity index (χ0n) is 12.4. The van der Waals surface area contributed by atoms with Gasteiger partial charge in [-0.1, -0.05) is 11.6 Å². The van der Waals surface area contributed by atoms with Crippen molar-refractivity contribution in [1.29, 1.82) is 0 Å². The Balaban J connectivity index is 2.12. The van der Waals surface area contributed by atoms with Gasteiger partial charge in [0.2, 0.25) is 0 Å². The monoisotopic (exact) mass is 326 g/mol. The third-order valence-corrected chi connectivity index (χ3v) is 4.47. The molecule has 0 fully saturated rings. The first-order valence-corrected chi connectivity index (χ1v) is 7.83. The van der Waals surface area contributed by atoms with Crippen LogP contribution in [0.15, 0.2) is 28.3 Å². The number of rotatable bonds is 7. The molecule has 1 aromatic carbocycles. The maximum Gasteiger partial charge on any atom is 0.195 e. The Bertz CT molecular complexity index is 603. The molecule has 7 heteroatoms. The lowest BCUT2D eigenvalue weighted by atomic mass is 10.2. The topological polar surface area (TPSA) is 52.0 Å². The SMILES string of the molecule is COCCNCc1cc(Cl)ccc1Sc1nnc(C)n1C.